The maximum absolute atomic E-state index is 13.5. The number of hydrogen-bond donors (Lipinski definition) is 1. The Labute approximate surface area is 180 Å². The number of nitrogens with zero attached hydrogens (tertiary/aromatic N) is 1. The topological polar surface area (TPSA) is 70.8 Å². The fourth-order valence-corrected chi connectivity index (χ4v) is 4.54. The quantitative estimate of drug-likeness (QED) is 0.427. The lowest BCUT2D eigenvalue weighted by molar-refractivity contribution is -0.130. The van der Waals surface area contributed by atoms with Gasteiger partial charge in [-0.25, -0.2) is 4.39 Å². The van der Waals surface area contributed by atoms with E-state index in [0.29, 0.717) is 11.1 Å². The molecule has 0 bridgehead atoms. The van der Waals surface area contributed by atoms with Crippen LogP contribution in [0.25, 0.3) is 11.0 Å². The van der Waals surface area contributed by atoms with Crippen molar-refractivity contribution in [2.45, 2.75) is 12.6 Å². The summed E-state index contributed by atoms with van der Waals surface area (Å²) in [4.78, 5) is 28.7. The Morgan fingerprint density at radius 1 is 1.10 bits per heavy atom. The fraction of sp³-hybridized carbons (Fsp3) is 0.0833. The summed E-state index contributed by atoms with van der Waals surface area (Å²) in [6, 6.07) is 17.2. The van der Waals surface area contributed by atoms with Gasteiger partial charge in [0.15, 0.2) is 11.5 Å². The van der Waals surface area contributed by atoms with Gasteiger partial charge in [-0.1, -0.05) is 36.4 Å². The Morgan fingerprint density at radius 2 is 1.87 bits per heavy atom. The van der Waals surface area contributed by atoms with Crippen LogP contribution in [-0.4, -0.2) is 21.7 Å². The molecular weight excluding hydrogens is 417 g/mol. The van der Waals surface area contributed by atoms with Crippen LogP contribution >= 0.6 is 11.3 Å². The summed E-state index contributed by atoms with van der Waals surface area (Å²) in [7, 11) is 0. The highest BCUT2D eigenvalue weighted by Gasteiger charge is 2.44. The van der Waals surface area contributed by atoms with E-state index in [9.17, 15) is 19.1 Å². The van der Waals surface area contributed by atoms with Crippen molar-refractivity contribution in [3.63, 3.8) is 0 Å². The molecule has 1 amide bonds. The van der Waals surface area contributed by atoms with Crippen LogP contribution in [0.1, 0.15) is 27.0 Å². The third-order valence-electron chi connectivity index (χ3n) is 5.29. The van der Waals surface area contributed by atoms with E-state index in [4.69, 9.17) is 4.42 Å². The number of carbonyl (C=O) groups is 2. The number of hydrogen-bond acceptors (Lipinski definition) is 5. The first-order chi connectivity index (χ1) is 15.0. The van der Waals surface area contributed by atoms with Crippen molar-refractivity contribution in [3.05, 3.63) is 105 Å². The summed E-state index contributed by atoms with van der Waals surface area (Å²) in [6.45, 7) is 0.208. The Hall–Kier alpha value is -3.71. The molecule has 31 heavy (non-hydrogen) atoms. The van der Waals surface area contributed by atoms with Crippen molar-refractivity contribution in [1.82, 2.24) is 4.90 Å². The minimum atomic E-state index is -0.865. The minimum Gasteiger partial charge on any atom is -0.503 e. The molecule has 2 aromatic carbocycles. The molecule has 5 rings (SSSR count). The van der Waals surface area contributed by atoms with Crippen LogP contribution in [0.3, 0.4) is 0 Å². The lowest BCUT2D eigenvalue weighted by atomic mass is 9.95. The first-order valence-corrected chi connectivity index (χ1v) is 10.5. The van der Waals surface area contributed by atoms with Crippen molar-refractivity contribution in [1.29, 1.82) is 0 Å². The predicted molar refractivity (Wildman–Crippen MR) is 114 cm³/mol. The van der Waals surface area contributed by atoms with Gasteiger partial charge in [-0.15, -0.1) is 11.3 Å². The van der Waals surface area contributed by atoms with Crippen molar-refractivity contribution >= 4 is 34.0 Å². The summed E-state index contributed by atoms with van der Waals surface area (Å²) in [5, 5.41) is 13.3. The largest absolute Gasteiger partial charge is 0.503 e. The zero-order chi connectivity index (χ0) is 21.5. The molecule has 154 valence electrons. The molecule has 0 saturated carbocycles. The smallest absolute Gasteiger partial charge is 0.290 e. The van der Waals surface area contributed by atoms with E-state index in [2.05, 4.69) is 0 Å². The highest BCUT2D eigenvalue weighted by Crippen LogP contribution is 2.40. The number of furan rings is 1. The van der Waals surface area contributed by atoms with E-state index in [0.717, 1.165) is 10.3 Å². The second kappa shape index (κ2) is 7.52. The van der Waals surface area contributed by atoms with Crippen LogP contribution in [0.15, 0.2) is 87.9 Å². The Balaban J connectivity index is 1.61. The predicted octanol–water partition coefficient (Wildman–Crippen LogP) is 5.41. The van der Waals surface area contributed by atoms with Crippen LogP contribution in [0.5, 0.6) is 0 Å². The lowest BCUT2D eigenvalue weighted by Crippen LogP contribution is -2.30. The van der Waals surface area contributed by atoms with Crippen molar-refractivity contribution in [3.8, 4) is 0 Å². The van der Waals surface area contributed by atoms with E-state index >= 15 is 0 Å². The molecule has 0 saturated heterocycles. The van der Waals surface area contributed by atoms with Crippen molar-refractivity contribution in [2.24, 2.45) is 0 Å². The molecule has 0 radical (unpaired) electrons. The number of ketones is 1. The van der Waals surface area contributed by atoms with Gasteiger partial charge in [0.2, 0.25) is 5.78 Å². The molecule has 1 aliphatic heterocycles. The monoisotopic (exact) mass is 433 g/mol. The van der Waals surface area contributed by atoms with Crippen molar-refractivity contribution < 1.29 is 23.5 Å². The van der Waals surface area contributed by atoms with Crippen molar-refractivity contribution in [2.75, 3.05) is 0 Å². The van der Waals surface area contributed by atoms with E-state index < -0.39 is 29.3 Å². The van der Waals surface area contributed by atoms with Gasteiger partial charge in [-0.2, -0.15) is 0 Å². The molecule has 4 aromatic rings. The molecule has 1 unspecified atom stereocenters. The highest BCUT2D eigenvalue weighted by atomic mass is 32.1. The van der Waals surface area contributed by atoms with Gasteiger partial charge in [-0.05, 0) is 41.3 Å². The molecule has 0 aliphatic carbocycles. The normalized spacial score (nSPS) is 16.5. The Bertz CT molecular complexity index is 1290. The van der Waals surface area contributed by atoms with E-state index in [1.807, 2.05) is 29.6 Å². The second-order valence-electron chi connectivity index (χ2n) is 7.21. The number of halogens is 1. The number of benzene rings is 2. The van der Waals surface area contributed by atoms with Gasteiger partial charge in [0, 0.05) is 10.3 Å². The number of thiophene rings is 1. The van der Waals surface area contributed by atoms with Gasteiger partial charge in [0.1, 0.15) is 11.4 Å². The number of amides is 1. The summed E-state index contributed by atoms with van der Waals surface area (Å²) in [5.74, 6) is -2.25. The molecular formula is C24H16FNO4S. The van der Waals surface area contributed by atoms with Crippen LogP contribution < -0.4 is 0 Å². The molecule has 1 N–H and O–H groups in total. The van der Waals surface area contributed by atoms with Gasteiger partial charge >= 0.3 is 0 Å². The van der Waals surface area contributed by atoms with Crippen LogP contribution in [0.2, 0.25) is 0 Å². The standard InChI is InChI=1S/C24H16FNO4S/c25-16-9-7-14(8-10-16)21-20(22(27)19-12-15-4-1-2-6-18(15)30-19)23(28)24(29)26(21)13-17-5-3-11-31-17/h1-12,21,28H,13H2. The zero-order valence-corrected chi connectivity index (χ0v) is 16.9. The molecule has 0 fully saturated rings. The van der Waals surface area contributed by atoms with Gasteiger partial charge in [0.05, 0.1) is 18.2 Å². The molecule has 1 aliphatic rings. The first-order valence-electron chi connectivity index (χ1n) is 9.58. The van der Waals surface area contributed by atoms with Gasteiger partial charge in [0.25, 0.3) is 5.91 Å². The van der Waals surface area contributed by atoms with Gasteiger partial charge in [-0.3, -0.25) is 9.59 Å². The number of rotatable bonds is 5. The number of aliphatic hydroxyl groups excluding tert-OH is 1. The van der Waals surface area contributed by atoms with E-state index in [1.54, 1.807) is 18.2 Å². The average Bonchev–Trinajstić information content (AvgIpc) is 3.49. The van der Waals surface area contributed by atoms with E-state index in [-0.39, 0.29) is 17.9 Å². The average molecular weight is 433 g/mol. The molecule has 3 heterocycles. The fourth-order valence-electron chi connectivity index (χ4n) is 3.84. The minimum absolute atomic E-state index is 0.0284. The molecule has 5 nitrogen and oxygen atoms in total. The Morgan fingerprint density at radius 3 is 2.58 bits per heavy atom. The second-order valence-corrected chi connectivity index (χ2v) is 8.24. The summed E-state index contributed by atoms with van der Waals surface area (Å²) >= 11 is 1.46. The van der Waals surface area contributed by atoms with Crippen LogP contribution in [0.4, 0.5) is 4.39 Å². The summed E-state index contributed by atoms with van der Waals surface area (Å²) in [6.07, 6.45) is 0. The SMILES string of the molecule is O=C(C1=C(O)C(=O)N(Cc2cccs2)C1c1ccc(F)cc1)c1cc2ccccc2o1. The number of Topliss-reactive ketones (excluding diaryl/α,β-unsaturated/α-hetero) is 1. The first kappa shape index (κ1) is 19.3. The number of carbonyl (C=O) groups excluding carboxylic acids is 2. The number of aliphatic hydroxyl groups is 1. The molecule has 0 spiro atoms. The van der Waals surface area contributed by atoms with Crippen LogP contribution in [-0.2, 0) is 11.3 Å². The maximum atomic E-state index is 13.5. The molecule has 1 atom stereocenters. The zero-order valence-electron chi connectivity index (χ0n) is 16.1. The summed E-state index contributed by atoms with van der Waals surface area (Å²) in [5.41, 5.74) is 0.978. The third-order valence-corrected chi connectivity index (χ3v) is 6.15. The maximum Gasteiger partial charge on any atom is 0.290 e. The Kier molecular flexibility index (Phi) is 4.67. The number of para-hydroxylation sites is 1. The summed E-state index contributed by atoms with van der Waals surface area (Å²) < 4.78 is 19.2. The third kappa shape index (κ3) is 3.33. The number of fused-ring (bicyclic) bond motifs is 1. The van der Waals surface area contributed by atoms with Crippen LogP contribution in [0, 0.1) is 5.82 Å². The molecule has 7 heteroatoms. The highest BCUT2D eigenvalue weighted by molar-refractivity contribution is 7.09. The van der Waals surface area contributed by atoms with E-state index in [1.165, 1.54) is 40.5 Å². The lowest BCUT2D eigenvalue weighted by Gasteiger charge is -2.26. The molecule has 2 aromatic heterocycles. The van der Waals surface area contributed by atoms with Gasteiger partial charge < -0.3 is 14.4 Å².